The van der Waals surface area contributed by atoms with Crippen molar-refractivity contribution >= 4 is 11.9 Å². The molecule has 7 heteroatoms. The SMILES string of the molecule is CCc1cnc(N2CCC(CCCOc3cc(C)c(C(=O)NC(C)CCN)c(C)c3)CC2)nc1. The highest BCUT2D eigenvalue weighted by atomic mass is 16.5. The maximum absolute atomic E-state index is 12.7. The van der Waals surface area contributed by atoms with Gasteiger partial charge in [0.15, 0.2) is 0 Å². The minimum Gasteiger partial charge on any atom is -0.494 e. The Morgan fingerprint density at radius 3 is 2.44 bits per heavy atom. The molecule has 1 aromatic carbocycles. The number of anilines is 1. The molecule has 2 aromatic rings. The summed E-state index contributed by atoms with van der Waals surface area (Å²) in [6, 6.07) is 4.00. The number of ether oxygens (including phenoxy) is 1. The zero-order valence-corrected chi connectivity index (χ0v) is 21.3. The van der Waals surface area contributed by atoms with Crippen LogP contribution in [0.25, 0.3) is 0 Å². The molecule has 1 saturated heterocycles. The summed E-state index contributed by atoms with van der Waals surface area (Å²) in [7, 11) is 0. The van der Waals surface area contributed by atoms with E-state index in [1.165, 1.54) is 24.8 Å². The Labute approximate surface area is 204 Å². The number of nitrogens with zero attached hydrogens (tertiary/aromatic N) is 3. The topological polar surface area (TPSA) is 93.4 Å². The molecule has 1 fully saturated rings. The largest absolute Gasteiger partial charge is 0.494 e. The number of hydrogen-bond acceptors (Lipinski definition) is 6. The van der Waals surface area contributed by atoms with Crippen molar-refractivity contribution in [1.29, 1.82) is 0 Å². The van der Waals surface area contributed by atoms with Gasteiger partial charge in [-0.2, -0.15) is 0 Å². The summed E-state index contributed by atoms with van der Waals surface area (Å²) in [4.78, 5) is 24.0. The number of nitrogens with two attached hydrogens (primary N) is 1. The second-order valence-corrected chi connectivity index (χ2v) is 9.55. The Bertz CT molecular complexity index is 900. The summed E-state index contributed by atoms with van der Waals surface area (Å²) in [5.74, 6) is 2.38. The lowest BCUT2D eigenvalue weighted by Gasteiger charge is -2.32. The van der Waals surface area contributed by atoms with Crippen molar-refractivity contribution in [2.45, 2.75) is 72.3 Å². The average molecular weight is 468 g/mol. The van der Waals surface area contributed by atoms with Crippen molar-refractivity contribution in [3.8, 4) is 5.75 Å². The van der Waals surface area contributed by atoms with E-state index < -0.39 is 0 Å². The maximum atomic E-state index is 12.7. The van der Waals surface area contributed by atoms with Gasteiger partial charge in [-0.3, -0.25) is 4.79 Å². The summed E-state index contributed by atoms with van der Waals surface area (Å²) >= 11 is 0. The molecule has 0 aliphatic carbocycles. The smallest absolute Gasteiger partial charge is 0.252 e. The number of carbonyl (C=O) groups excluding carboxylic acids is 1. The number of amides is 1. The molecule has 186 valence electrons. The quantitative estimate of drug-likeness (QED) is 0.481. The number of aromatic nitrogens is 2. The third-order valence-corrected chi connectivity index (χ3v) is 6.73. The van der Waals surface area contributed by atoms with Gasteiger partial charge in [0.05, 0.1) is 6.61 Å². The molecule has 3 rings (SSSR count). The van der Waals surface area contributed by atoms with Crippen LogP contribution in [0, 0.1) is 19.8 Å². The molecule has 34 heavy (non-hydrogen) atoms. The van der Waals surface area contributed by atoms with Gasteiger partial charge < -0.3 is 20.7 Å². The first-order chi connectivity index (χ1) is 16.4. The molecule has 1 atom stereocenters. The second kappa shape index (κ2) is 12.7. The van der Waals surface area contributed by atoms with Gasteiger partial charge in [-0.25, -0.2) is 9.97 Å². The fourth-order valence-electron chi connectivity index (χ4n) is 4.66. The van der Waals surface area contributed by atoms with Crippen molar-refractivity contribution in [2.75, 3.05) is 31.1 Å². The lowest BCUT2D eigenvalue weighted by Crippen LogP contribution is -2.35. The lowest BCUT2D eigenvalue weighted by atomic mass is 9.92. The Morgan fingerprint density at radius 1 is 1.21 bits per heavy atom. The molecule has 3 N–H and O–H groups in total. The van der Waals surface area contributed by atoms with Crippen molar-refractivity contribution in [1.82, 2.24) is 15.3 Å². The van der Waals surface area contributed by atoms with E-state index >= 15 is 0 Å². The van der Waals surface area contributed by atoms with Crippen molar-refractivity contribution in [3.05, 3.63) is 46.8 Å². The summed E-state index contributed by atoms with van der Waals surface area (Å²) in [6.45, 7) is 11.3. The third-order valence-electron chi connectivity index (χ3n) is 6.73. The number of hydrogen-bond donors (Lipinski definition) is 2. The van der Waals surface area contributed by atoms with Crippen LogP contribution in [-0.4, -0.2) is 48.2 Å². The molecular formula is C27H41N5O2. The molecule has 0 saturated carbocycles. The van der Waals surface area contributed by atoms with Crippen LogP contribution in [0.1, 0.15) is 73.0 Å². The molecule has 1 aromatic heterocycles. The fraction of sp³-hybridized carbons (Fsp3) is 0.593. The highest BCUT2D eigenvalue weighted by Crippen LogP contribution is 2.25. The van der Waals surface area contributed by atoms with Gasteiger partial charge in [0.2, 0.25) is 5.95 Å². The summed E-state index contributed by atoms with van der Waals surface area (Å²) in [5, 5.41) is 3.03. The fourth-order valence-corrected chi connectivity index (χ4v) is 4.66. The first-order valence-corrected chi connectivity index (χ1v) is 12.7. The van der Waals surface area contributed by atoms with Gasteiger partial charge in [-0.15, -0.1) is 0 Å². The minimum absolute atomic E-state index is 0.0412. The highest BCUT2D eigenvalue weighted by molar-refractivity contribution is 5.97. The standard InChI is InChI=1S/C27H41N5O2/c1-5-22-17-29-27(30-18-22)32-12-9-23(10-13-32)7-6-14-34-24-15-19(2)25(20(3)16-24)26(33)31-21(4)8-11-28/h15-18,21,23H,5-14,28H2,1-4H3,(H,31,33). The number of aryl methyl sites for hydroxylation is 3. The van der Waals surface area contributed by atoms with Crippen LogP contribution in [0.3, 0.4) is 0 Å². The Balaban J connectivity index is 1.41. The van der Waals surface area contributed by atoms with Gasteiger partial charge in [0.1, 0.15) is 5.75 Å². The molecule has 1 aliphatic rings. The number of carbonyl (C=O) groups is 1. The number of nitrogens with one attached hydrogen (secondary N) is 1. The van der Waals surface area contributed by atoms with E-state index in [1.807, 2.05) is 45.3 Å². The zero-order valence-electron chi connectivity index (χ0n) is 21.3. The first kappa shape index (κ1) is 25.9. The van der Waals surface area contributed by atoms with E-state index in [4.69, 9.17) is 10.5 Å². The Morgan fingerprint density at radius 2 is 1.85 bits per heavy atom. The minimum atomic E-state index is -0.0412. The summed E-state index contributed by atoms with van der Waals surface area (Å²) < 4.78 is 6.05. The first-order valence-electron chi connectivity index (χ1n) is 12.7. The molecular weight excluding hydrogens is 426 g/mol. The van der Waals surface area contributed by atoms with E-state index in [0.717, 1.165) is 66.7 Å². The number of benzene rings is 1. The highest BCUT2D eigenvalue weighted by Gasteiger charge is 2.21. The number of rotatable bonds is 11. The molecule has 2 heterocycles. The predicted octanol–water partition coefficient (Wildman–Crippen LogP) is 4.20. The van der Waals surface area contributed by atoms with Crippen LogP contribution in [0.2, 0.25) is 0 Å². The van der Waals surface area contributed by atoms with E-state index in [9.17, 15) is 4.79 Å². The normalized spacial score (nSPS) is 15.3. The van der Waals surface area contributed by atoms with Gasteiger partial charge in [0.25, 0.3) is 5.91 Å². The van der Waals surface area contributed by atoms with Crippen LogP contribution in [0.15, 0.2) is 24.5 Å². The van der Waals surface area contributed by atoms with Gasteiger partial charge >= 0.3 is 0 Å². The summed E-state index contributed by atoms with van der Waals surface area (Å²) in [5.41, 5.74) is 9.38. The zero-order chi connectivity index (χ0) is 24.5. The van der Waals surface area contributed by atoms with E-state index in [-0.39, 0.29) is 11.9 Å². The molecule has 1 unspecified atom stereocenters. The van der Waals surface area contributed by atoms with Crippen LogP contribution >= 0.6 is 0 Å². The van der Waals surface area contributed by atoms with E-state index in [2.05, 4.69) is 27.1 Å². The van der Waals surface area contributed by atoms with Crippen molar-refractivity contribution in [3.63, 3.8) is 0 Å². The van der Waals surface area contributed by atoms with Crippen LogP contribution < -0.4 is 20.7 Å². The van der Waals surface area contributed by atoms with E-state index in [0.29, 0.717) is 13.2 Å². The van der Waals surface area contributed by atoms with Crippen molar-refractivity contribution in [2.24, 2.45) is 11.7 Å². The molecule has 1 aliphatic heterocycles. The van der Waals surface area contributed by atoms with Crippen LogP contribution in [0.4, 0.5) is 5.95 Å². The van der Waals surface area contributed by atoms with E-state index in [1.54, 1.807) is 0 Å². The molecule has 7 nitrogen and oxygen atoms in total. The van der Waals surface area contributed by atoms with Gasteiger partial charge in [-0.1, -0.05) is 6.92 Å². The molecule has 0 bridgehead atoms. The van der Waals surface area contributed by atoms with Gasteiger partial charge in [0, 0.05) is 37.1 Å². The van der Waals surface area contributed by atoms with Crippen molar-refractivity contribution < 1.29 is 9.53 Å². The number of piperidine rings is 1. The molecule has 0 radical (unpaired) electrons. The summed E-state index contributed by atoms with van der Waals surface area (Å²) in [6.07, 6.45) is 10.2. The average Bonchev–Trinajstić information content (AvgIpc) is 2.82. The van der Waals surface area contributed by atoms with Gasteiger partial charge in [-0.05, 0) is 101 Å². The molecule has 0 spiro atoms. The predicted molar refractivity (Wildman–Crippen MR) is 138 cm³/mol. The van der Waals surface area contributed by atoms with Crippen LogP contribution in [0.5, 0.6) is 5.75 Å². The monoisotopic (exact) mass is 467 g/mol. The second-order valence-electron chi connectivity index (χ2n) is 9.55. The Kier molecular flexibility index (Phi) is 9.69. The lowest BCUT2D eigenvalue weighted by molar-refractivity contribution is 0.0937. The maximum Gasteiger partial charge on any atom is 0.252 e. The Hall–Kier alpha value is -2.67. The third kappa shape index (κ3) is 7.16. The van der Waals surface area contributed by atoms with Crippen LogP contribution in [-0.2, 0) is 6.42 Å². The molecule has 1 amide bonds.